The Bertz CT molecular complexity index is 981. The van der Waals surface area contributed by atoms with Gasteiger partial charge in [-0.15, -0.1) is 10.2 Å². The molecule has 0 atom stereocenters. The second-order valence-corrected chi connectivity index (χ2v) is 6.72. The number of nitrogens with one attached hydrogen (secondary N) is 1. The van der Waals surface area contributed by atoms with E-state index in [1.54, 1.807) is 0 Å². The standard InChI is InChI=1S/C15H11ClF4N4OS/c16-10-2-1-3-11(17)9(10)7-26-14-23-22-13-21-12(25)6-8(24(13)14)4-5-15(18,19)20/h1-3,6H,4-5,7H2,(H,21,22,25). The smallest absolute Gasteiger partial charge is 0.291 e. The van der Waals surface area contributed by atoms with Gasteiger partial charge in [0.25, 0.3) is 5.56 Å². The molecule has 0 amide bonds. The van der Waals surface area contributed by atoms with Crippen molar-refractivity contribution in [2.24, 2.45) is 0 Å². The third kappa shape index (κ3) is 4.18. The number of hydrogen-bond acceptors (Lipinski definition) is 4. The molecule has 3 rings (SSSR count). The van der Waals surface area contributed by atoms with Crippen molar-refractivity contribution in [3.8, 4) is 0 Å². The molecule has 26 heavy (non-hydrogen) atoms. The van der Waals surface area contributed by atoms with Crippen molar-refractivity contribution < 1.29 is 17.6 Å². The van der Waals surface area contributed by atoms with E-state index >= 15 is 0 Å². The summed E-state index contributed by atoms with van der Waals surface area (Å²) >= 11 is 7.02. The Hall–Kier alpha value is -2.07. The predicted octanol–water partition coefficient (Wildman–Crippen LogP) is 4.00. The molecule has 0 saturated carbocycles. The summed E-state index contributed by atoms with van der Waals surface area (Å²) in [5.41, 5.74) is -0.207. The summed E-state index contributed by atoms with van der Waals surface area (Å²) in [6.07, 6.45) is -5.86. The number of aromatic nitrogens is 4. The highest BCUT2D eigenvalue weighted by atomic mass is 35.5. The minimum absolute atomic E-state index is 0.0248. The number of thioether (sulfide) groups is 1. The Balaban J connectivity index is 1.93. The molecule has 0 fully saturated rings. The van der Waals surface area contributed by atoms with Crippen molar-refractivity contribution in [1.29, 1.82) is 0 Å². The van der Waals surface area contributed by atoms with Crippen LogP contribution in [0.4, 0.5) is 17.6 Å². The third-order valence-electron chi connectivity index (χ3n) is 3.53. The fourth-order valence-electron chi connectivity index (χ4n) is 2.33. The zero-order valence-electron chi connectivity index (χ0n) is 13.0. The first-order chi connectivity index (χ1) is 12.2. The van der Waals surface area contributed by atoms with Gasteiger partial charge in [-0.05, 0) is 18.6 Å². The number of alkyl halides is 3. The van der Waals surface area contributed by atoms with Crippen molar-refractivity contribution in [2.45, 2.75) is 29.9 Å². The van der Waals surface area contributed by atoms with Gasteiger partial charge in [-0.1, -0.05) is 29.4 Å². The number of fused-ring (bicyclic) bond motifs is 1. The van der Waals surface area contributed by atoms with E-state index in [0.29, 0.717) is 0 Å². The minimum Gasteiger partial charge on any atom is -0.291 e. The second-order valence-electron chi connectivity index (χ2n) is 5.37. The van der Waals surface area contributed by atoms with Crippen LogP contribution in [0, 0.1) is 5.82 Å². The lowest BCUT2D eigenvalue weighted by atomic mass is 10.2. The molecule has 0 aliphatic carbocycles. The Labute approximate surface area is 153 Å². The summed E-state index contributed by atoms with van der Waals surface area (Å²) in [5, 5.41) is 8.11. The quantitative estimate of drug-likeness (QED) is 0.514. The molecule has 0 spiro atoms. The van der Waals surface area contributed by atoms with Gasteiger partial charge in [-0.25, -0.2) is 4.39 Å². The van der Waals surface area contributed by atoms with Crippen LogP contribution in [0.3, 0.4) is 0 Å². The Morgan fingerprint density at radius 1 is 1.27 bits per heavy atom. The zero-order chi connectivity index (χ0) is 18.9. The minimum atomic E-state index is -4.36. The topological polar surface area (TPSA) is 63.1 Å². The van der Waals surface area contributed by atoms with Gasteiger partial charge in [0.1, 0.15) is 5.82 Å². The first-order valence-corrected chi connectivity index (χ1v) is 8.71. The van der Waals surface area contributed by atoms with E-state index in [-0.39, 0.29) is 33.0 Å². The fraction of sp³-hybridized carbons (Fsp3) is 0.267. The van der Waals surface area contributed by atoms with E-state index in [1.165, 1.54) is 22.6 Å². The summed E-state index contributed by atoms with van der Waals surface area (Å²) in [6, 6.07) is 5.34. The molecule has 2 heterocycles. The van der Waals surface area contributed by atoms with Crippen LogP contribution in [-0.2, 0) is 12.2 Å². The largest absolute Gasteiger partial charge is 0.389 e. The molecule has 5 nitrogen and oxygen atoms in total. The molecule has 0 saturated heterocycles. The maximum Gasteiger partial charge on any atom is 0.389 e. The molecule has 0 radical (unpaired) electrons. The number of aryl methyl sites for hydroxylation is 1. The van der Waals surface area contributed by atoms with E-state index in [9.17, 15) is 22.4 Å². The van der Waals surface area contributed by atoms with E-state index in [4.69, 9.17) is 11.6 Å². The van der Waals surface area contributed by atoms with E-state index in [0.717, 1.165) is 17.8 Å². The highest BCUT2D eigenvalue weighted by Crippen LogP contribution is 2.29. The van der Waals surface area contributed by atoms with Gasteiger partial charge in [0.05, 0.1) is 0 Å². The average Bonchev–Trinajstić information content (AvgIpc) is 2.94. The van der Waals surface area contributed by atoms with E-state index in [2.05, 4.69) is 15.2 Å². The summed E-state index contributed by atoms with van der Waals surface area (Å²) < 4.78 is 52.8. The fourth-order valence-corrected chi connectivity index (χ4v) is 3.63. The van der Waals surface area contributed by atoms with Crippen molar-refractivity contribution >= 4 is 29.1 Å². The lowest BCUT2D eigenvalue weighted by Gasteiger charge is -2.09. The Morgan fingerprint density at radius 2 is 2.04 bits per heavy atom. The first-order valence-electron chi connectivity index (χ1n) is 7.34. The molecule has 0 aliphatic rings. The lowest BCUT2D eigenvalue weighted by Crippen LogP contribution is -2.15. The first kappa shape index (κ1) is 18.7. The summed E-state index contributed by atoms with van der Waals surface area (Å²) in [7, 11) is 0. The van der Waals surface area contributed by atoms with Gasteiger partial charge in [0.15, 0.2) is 5.16 Å². The number of halogens is 5. The highest BCUT2D eigenvalue weighted by Gasteiger charge is 2.27. The van der Waals surface area contributed by atoms with Crippen molar-refractivity contribution in [3.63, 3.8) is 0 Å². The monoisotopic (exact) mass is 406 g/mol. The molecule has 2 aromatic heterocycles. The summed E-state index contributed by atoms with van der Waals surface area (Å²) in [4.78, 5) is 14.0. The molecular weight excluding hydrogens is 396 g/mol. The van der Waals surface area contributed by atoms with Gasteiger partial charge in [0.2, 0.25) is 5.78 Å². The van der Waals surface area contributed by atoms with Crippen LogP contribution in [-0.4, -0.2) is 25.8 Å². The van der Waals surface area contributed by atoms with Gasteiger partial charge < -0.3 is 0 Å². The van der Waals surface area contributed by atoms with Crippen molar-refractivity contribution in [1.82, 2.24) is 19.6 Å². The maximum atomic E-state index is 13.9. The number of H-pyrrole nitrogens is 1. The van der Waals surface area contributed by atoms with E-state index in [1.807, 2.05) is 0 Å². The third-order valence-corrected chi connectivity index (χ3v) is 4.83. The second kappa shape index (κ2) is 7.28. The van der Waals surface area contributed by atoms with Gasteiger partial charge >= 0.3 is 6.18 Å². The molecule has 11 heteroatoms. The molecule has 0 unspecified atom stereocenters. The molecule has 138 valence electrons. The zero-order valence-corrected chi connectivity index (χ0v) is 14.6. The molecule has 0 aliphatic heterocycles. The number of benzene rings is 1. The number of rotatable bonds is 5. The molecule has 1 aromatic carbocycles. The predicted molar refractivity (Wildman–Crippen MR) is 89.0 cm³/mol. The summed E-state index contributed by atoms with van der Waals surface area (Å²) in [6.45, 7) is 0. The van der Waals surface area contributed by atoms with Crippen LogP contribution in [0.15, 0.2) is 34.2 Å². The summed E-state index contributed by atoms with van der Waals surface area (Å²) in [5.74, 6) is -0.370. The SMILES string of the molecule is O=c1cc(CCC(F)(F)F)n2c(SCc3c(F)cccc3Cl)nnc2[nH]1. The highest BCUT2D eigenvalue weighted by molar-refractivity contribution is 7.98. The molecule has 0 bridgehead atoms. The van der Waals surface area contributed by atoms with E-state index < -0.39 is 30.4 Å². The number of aromatic amines is 1. The lowest BCUT2D eigenvalue weighted by molar-refractivity contribution is -0.134. The van der Waals surface area contributed by atoms with Crippen LogP contribution in [0.1, 0.15) is 17.7 Å². The van der Waals surface area contributed by atoms with Crippen LogP contribution in [0.25, 0.3) is 5.78 Å². The van der Waals surface area contributed by atoms with Crippen molar-refractivity contribution in [2.75, 3.05) is 0 Å². The number of hydrogen-bond donors (Lipinski definition) is 1. The average molecular weight is 407 g/mol. The van der Waals surface area contributed by atoms with Crippen LogP contribution in [0.2, 0.25) is 5.02 Å². The van der Waals surface area contributed by atoms with Crippen LogP contribution < -0.4 is 5.56 Å². The molecular formula is C15H11ClF4N4OS. The number of nitrogens with zero attached hydrogens (tertiary/aromatic N) is 3. The Kier molecular flexibility index (Phi) is 5.24. The van der Waals surface area contributed by atoms with Gasteiger partial charge in [-0.3, -0.25) is 14.2 Å². The normalized spacial score (nSPS) is 12.0. The van der Waals surface area contributed by atoms with Crippen LogP contribution in [0.5, 0.6) is 0 Å². The van der Waals surface area contributed by atoms with Crippen LogP contribution >= 0.6 is 23.4 Å². The van der Waals surface area contributed by atoms with Gasteiger partial charge in [-0.2, -0.15) is 13.2 Å². The van der Waals surface area contributed by atoms with Gasteiger partial charge in [0, 0.05) is 34.5 Å². The van der Waals surface area contributed by atoms with Crippen molar-refractivity contribution in [3.05, 3.63) is 56.7 Å². The molecule has 1 N–H and O–H groups in total. The Morgan fingerprint density at radius 3 is 2.73 bits per heavy atom. The molecule has 3 aromatic rings. The maximum absolute atomic E-state index is 13.9.